The van der Waals surface area contributed by atoms with Crippen LogP contribution in [0.1, 0.15) is 406 Å². The highest BCUT2D eigenvalue weighted by atomic mass is 16.7. The zero-order valence-corrected chi connectivity index (χ0v) is 59.7. The van der Waals surface area contributed by atoms with Gasteiger partial charge in [0.15, 0.2) is 6.10 Å². The third kappa shape index (κ3) is 71.2. The third-order valence-corrected chi connectivity index (χ3v) is 18.0. The van der Waals surface area contributed by atoms with Crippen LogP contribution in [0.5, 0.6) is 0 Å². The number of nitrogens with zero attached hydrogens (tertiary/aromatic N) is 1. The summed E-state index contributed by atoms with van der Waals surface area (Å²) in [5.41, 5.74) is 0. The van der Waals surface area contributed by atoms with E-state index >= 15 is 0 Å². The zero-order chi connectivity index (χ0) is 64.0. The molecule has 0 saturated heterocycles. The Labute approximate surface area is 548 Å². The van der Waals surface area contributed by atoms with Crippen molar-refractivity contribution in [3.05, 3.63) is 24.3 Å². The van der Waals surface area contributed by atoms with Gasteiger partial charge in [-0.15, -0.1) is 0 Å². The van der Waals surface area contributed by atoms with Crippen LogP contribution in [-0.4, -0.2) is 87.4 Å². The highest BCUT2D eigenvalue weighted by Gasteiger charge is 2.25. The molecule has 0 rings (SSSR count). The first-order valence-electron chi connectivity index (χ1n) is 39.0. The average molecular weight is 1240 g/mol. The summed E-state index contributed by atoms with van der Waals surface area (Å²) < 4.78 is 23.0. The van der Waals surface area contributed by atoms with E-state index in [4.69, 9.17) is 18.9 Å². The minimum atomic E-state index is -1.51. The predicted molar refractivity (Wildman–Crippen MR) is 378 cm³/mol. The van der Waals surface area contributed by atoms with Gasteiger partial charge in [0, 0.05) is 12.8 Å². The fourth-order valence-electron chi connectivity index (χ4n) is 12.0. The Hall–Kier alpha value is -2.23. The van der Waals surface area contributed by atoms with Gasteiger partial charge in [-0.3, -0.25) is 9.59 Å². The molecule has 1 N–H and O–H groups in total. The lowest BCUT2D eigenvalue weighted by Gasteiger charge is -2.25. The van der Waals surface area contributed by atoms with E-state index in [0.717, 1.165) is 44.9 Å². The van der Waals surface area contributed by atoms with Crippen LogP contribution in [0.3, 0.4) is 0 Å². The first-order chi connectivity index (χ1) is 43.1. The van der Waals surface area contributed by atoms with Gasteiger partial charge in [-0.1, -0.05) is 372 Å². The Morgan fingerprint density at radius 1 is 0.341 bits per heavy atom. The molecule has 0 saturated carbocycles. The van der Waals surface area contributed by atoms with E-state index in [1.807, 2.05) is 21.1 Å². The lowest BCUT2D eigenvalue weighted by molar-refractivity contribution is -0.870. The lowest BCUT2D eigenvalue weighted by Crippen LogP contribution is -2.40. The number of rotatable bonds is 74. The van der Waals surface area contributed by atoms with Crippen molar-refractivity contribution in [3.63, 3.8) is 0 Å². The van der Waals surface area contributed by atoms with E-state index in [2.05, 4.69) is 38.2 Å². The van der Waals surface area contributed by atoms with Gasteiger partial charge in [0.1, 0.15) is 13.2 Å². The molecule has 9 heteroatoms. The Kier molecular flexibility index (Phi) is 68.8. The smallest absolute Gasteiger partial charge is 0.361 e. The van der Waals surface area contributed by atoms with E-state index in [-0.39, 0.29) is 38.2 Å². The Morgan fingerprint density at radius 2 is 0.614 bits per heavy atom. The van der Waals surface area contributed by atoms with Gasteiger partial charge in [0.25, 0.3) is 6.29 Å². The van der Waals surface area contributed by atoms with Crippen LogP contribution >= 0.6 is 0 Å². The molecule has 2 atom stereocenters. The summed E-state index contributed by atoms with van der Waals surface area (Å²) in [4.78, 5) is 37.7. The largest absolute Gasteiger partial charge is 0.477 e. The molecule has 9 nitrogen and oxygen atoms in total. The summed E-state index contributed by atoms with van der Waals surface area (Å²) >= 11 is 0. The highest BCUT2D eigenvalue weighted by Crippen LogP contribution is 2.20. The van der Waals surface area contributed by atoms with Gasteiger partial charge in [0.2, 0.25) is 0 Å². The van der Waals surface area contributed by atoms with Crippen LogP contribution in [-0.2, 0) is 33.3 Å². The SMILES string of the molecule is CCCCCCC/C=C\C/C=C\CCCCCCCCCCCCCCCCCC(=O)OC(COC(=O)CCCCCCCCCCCCCCCCCCCCCCCCCCCCCCCCCCCCCC)COC(OCC[N+](C)(C)C)C(=O)O. The van der Waals surface area contributed by atoms with Crippen molar-refractivity contribution in [2.75, 3.05) is 47.5 Å². The number of hydrogen-bond acceptors (Lipinski definition) is 7. The molecule has 88 heavy (non-hydrogen) atoms. The highest BCUT2D eigenvalue weighted by molar-refractivity contribution is 5.71. The molecule has 0 heterocycles. The van der Waals surface area contributed by atoms with Gasteiger partial charge in [0.05, 0.1) is 34.4 Å². The summed E-state index contributed by atoms with van der Waals surface area (Å²) in [6.45, 7) is 4.95. The summed E-state index contributed by atoms with van der Waals surface area (Å²) in [6.07, 6.45) is 86.2. The number of aliphatic carboxylic acids is 1. The molecule has 0 radical (unpaired) electrons. The molecule has 0 bridgehead atoms. The molecular weight excluding hydrogens is 1090 g/mol. The molecule has 0 fully saturated rings. The van der Waals surface area contributed by atoms with Gasteiger partial charge >= 0.3 is 17.9 Å². The Bertz CT molecular complexity index is 1490. The lowest BCUT2D eigenvalue weighted by atomic mass is 10.0. The van der Waals surface area contributed by atoms with E-state index < -0.39 is 18.4 Å². The van der Waals surface area contributed by atoms with Crippen LogP contribution in [0, 0.1) is 0 Å². The quantitative estimate of drug-likeness (QED) is 0.0211. The molecule has 0 amide bonds. The van der Waals surface area contributed by atoms with Crippen molar-refractivity contribution in [1.29, 1.82) is 0 Å². The summed E-state index contributed by atoms with van der Waals surface area (Å²) in [7, 11) is 6.00. The second-order valence-electron chi connectivity index (χ2n) is 28.0. The van der Waals surface area contributed by atoms with Crippen LogP contribution in [0.2, 0.25) is 0 Å². The van der Waals surface area contributed by atoms with Crippen LogP contribution in [0.25, 0.3) is 0 Å². The van der Waals surface area contributed by atoms with E-state index in [9.17, 15) is 19.5 Å². The maximum absolute atomic E-state index is 13.0. The monoisotopic (exact) mass is 1240 g/mol. The molecular formula is C79H152NO8+. The summed E-state index contributed by atoms with van der Waals surface area (Å²) in [5, 5.41) is 9.76. The Morgan fingerprint density at radius 3 is 0.898 bits per heavy atom. The van der Waals surface area contributed by atoms with Gasteiger partial charge in [-0.05, 0) is 44.9 Å². The molecule has 0 aliphatic heterocycles. The number of carboxylic acid groups (broad SMARTS) is 1. The second kappa shape index (κ2) is 70.6. The third-order valence-electron chi connectivity index (χ3n) is 18.0. The topological polar surface area (TPSA) is 108 Å². The maximum Gasteiger partial charge on any atom is 0.361 e. The normalized spacial score (nSPS) is 12.7. The zero-order valence-electron chi connectivity index (χ0n) is 59.7. The first-order valence-corrected chi connectivity index (χ1v) is 39.0. The molecule has 0 aliphatic rings. The predicted octanol–water partition coefficient (Wildman–Crippen LogP) is 24.5. The van der Waals surface area contributed by atoms with Crippen LogP contribution in [0.15, 0.2) is 24.3 Å². The van der Waals surface area contributed by atoms with E-state index in [1.54, 1.807) is 0 Å². The Balaban J connectivity index is 3.96. The number of esters is 2. The fraction of sp³-hybridized carbons (Fsp3) is 0.911. The summed E-state index contributed by atoms with van der Waals surface area (Å²) in [5.74, 6) is -1.97. The summed E-state index contributed by atoms with van der Waals surface area (Å²) in [6, 6.07) is 0. The molecule has 0 aromatic carbocycles. The molecule has 0 spiro atoms. The van der Waals surface area contributed by atoms with Gasteiger partial charge < -0.3 is 28.5 Å². The number of hydrogen-bond donors (Lipinski definition) is 1. The number of unbranched alkanes of at least 4 members (excludes halogenated alkanes) is 55. The number of ether oxygens (including phenoxy) is 4. The van der Waals surface area contributed by atoms with Crippen molar-refractivity contribution >= 4 is 17.9 Å². The first kappa shape index (κ1) is 85.8. The molecule has 0 aromatic rings. The molecule has 520 valence electrons. The fourth-order valence-corrected chi connectivity index (χ4v) is 12.0. The van der Waals surface area contributed by atoms with Crippen LogP contribution < -0.4 is 0 Å². The molecule has 0 aliphatic carbocycles. The standard InChI is InChI=1S/C79H151NO8/c1-6-8-10-12-14-16-18-20-22-24-26-28-30-32-34-35-36-37-38-39-40-41-42-44-45-47-49-51-53-55-57-59-61-63-65-67-69-76(81)86-73-75(74-87-79(78(83)84)85-72-71-80(3,4)5)88-77(82)70-68-66-64-62-60-58-56-54-52-50-48-46-43-33-31-29-27-25-23-21-19-17-15-13-11-9-7-2/h19,21,25,27,75,79H,6-18,20,22-24,26,28-74H2,1-5H3/p+1/b21-19-,27-25-. The van der Waals surface area contributed by atoms with Gasteiger partial charge in [-0.2, -0.15) is 0 Å². The maximum atomic E-state index is 13.0. The number of carbonyl (C=O) groups excluding carboxylic acids is 2. The van der Waals surface area contributed by atoms with Crippen molar-refractivity contribution in [1.82, 2.24) is 0 Å². The second-order valence-corrected chi connectivity index (χ2v) is 28.0. The average Bonchev–Trinajstić information content (AvgIpc) is 3.54. The molecule has 2 unspecified atom stereocenters. The van der Waals surface area contributed by atoms with Crippen molar-refractivity contribution in [3.8, 4) is 0 Å². The molecule has 0 aromatic heterocycles. The van der Waals surface area contributed by atoms with Crippen LogP contribution in [0.4, 0.5) is 0 Å². The van der Waals surface area contributed by atoms with E-state index in [0.29, 0.717) is 17.4 Å². The van der Waals surface area contributed by atoms with E-state index in [1.165, 1.54) is 334 Å². The minimum absolute atomic E-state index is 0.175. The van der Waals surface area contributed by atoms with Crippen molar-refractivity contribution in [2.24, 2.45) is 0 Å². The number of allylic oxidation sites excluding steroid dienone is 4. The van der Waals surface area contributed by atoms with Crippen molar-refractivity contribution in [2.45, 2.75) is 418 Å². The van der Waals surface area contributed by atoms with Gasteiger partial charge in [-0.25, -0.2) is 4.79 Å². The number of quaternary nitrogens is 1. The van der Waals surface area contributed by atoms with Crippen molar-refractivity contribution < 1.29 is 42.9 Å². The number of carboxylic acids is 1. The number of carbonyl (C=O) groups is 3. The minimum Gasteiger partial charge on any atom is -0.477 e. The number of likely N-dealkylation sites (N-methyl/N-ethyl adjacent to an activating group) is 1.